The fourth-order valence-corrected chi connectivity index (χ4v) is 4.42. The monoisotopic (exact) mass is 459 g/mol. The van der Waals surface area contributed by atoms with Crippen LogP contribution in [0.5, 0.6) is 0 Å². The Balaban J connectivity index is 1.44. The van der Waals surface area contributed by atoms with Crippen molar-refractivity contribution in [3.8, 4) is 0 Å². The summed E-state index contributed by atoms with van der Waals surface area (Å²) in [5.41, 5.74) is 0.275. The van der Waals surface area contributed by atoms with Crippen LogP contribution in [0.25, 0.3) is 5.78 Å². The van der Waals surface area contributed by atoms with Gasteiger partial charge in [0, 0.05) is 31.2 Å². The molecular formula is C22H16F3N3O3S. The molecule has 0 atom stereocenters. The molecule has 0 aliphatic heterocycles. The average Bonchev–Trinajstić information content (AvgIpc) is 3.25. The van der Waals surface area contributed by atoms with E-state index in [0.717, 1.165) is 29.8 Å². The van der Waals surface area contributed by atoms with Gasteiger partial charge >= 0.3 is 6.18 Å². The fraction of sp³-hybridized carbons (Fsp3) is 0.136. The summed E-state index contributed by atoms with van der Waals surface area (Å²) in [5.74, 6) is 0.376. The molecule has 164 valence electrons. The Bertz CT molecular complexity index is 1380. The molecule has 2 aromatic carbocycles. The van der Waals surface area contributed by atoms with Gasteiger partial charge in [-0.1, -0.05) is 12.1 Å². The third-order valence-electron chi connectivity index (χ3n) is 4.93. The summed E-state index contributed by atoms with van der Waals surface area (Å²) >= 11 is 0. The molecule has 4 rings (SSSR count). The molecule has 0 fully saturated rings. The summed E-state index contributed by atoms with van der Waals surface area (Å²) in [6, 6.07) is 9.29. The normalized spacial score (nSPS) is 12.2. The van der Waals surface area contributed by atoms with E-state index in [4.69, 9.17) is 0 Å². The van der Waals surface area contributed by atoms with Gasteiger partial charge in [-0.25, -0.2) is 18.4 Å². The van der Waals surface area contributed by atoms with Crippen molar-refractivity contribution in [2.24, 2.45) is 0 Å². The summed E-state index contributed by atoms with van der Waals surface area (Å²) in [6.07, 6.45) is 2.43. The Labute approximate surface area is 181 Å². The summed E-state index contributed by atoms with van der Waals surface area (Å²) in [5, 5.41) is 0. The third kappa shape index (κ3) is 4.40. The van der Waals surface area contributed by atoms with E-state index in [1.807, 2.05) is 0 Å². The van der Waals surface area contributed by atoms with E-state index >= 15 is 0 Å². The molecule has 32 heavy (non-hydrogen) atoms. The number of hydrogen-bond acceptors (Lipinski definition) is 5. The summed E-state index contributed by atoms with van der Waals surface area (Å²) < 4.78 is 65.1. The summed E-state index contributed by atoms with van der Waals surface area (Å²) in [4.78, 5) is 20.3. The number of imidazole rings is 1. The molecule has 0 amide bonds. The quantitative estimate of drug-likeness (QED) is 0.400. The van der Waals surface area contributed by atoms with Crippen molar-refractivity contribution in [1.29, 1.82) is 0 Å². The fourth-order valence-electron chi connectivity index (χ4n) is 3.16. The summed E-state index contributed by atoms with van der Waals surface area (Å²) in [6.45, 7) is 0. The minimum atomic E-state index is -4.54. The Kier molecular flexibility index (Phi) is 5.55. The van der Waals surface area contributed by atoms with E-state index in [1.165, 1.54) is 18.3 Å². The SMILES string of the molecule is O=C(CCc1ccc(S(=O)(=O)c2ccc(C(F)(F)F)cc2)cc1)c1cnc2nccn2c1. The molecule has 0 spiro atoms. The second-order valence-electron chi connectivity index (χ2n) is 7.07. The molecule has 0 unspecified atom stereocenters. The zero-order valence-corrected chi connectivity index (χ0v) is 17.3. The smallest absolute Gasteiger partial charge is 0.294 e. The number of hydrogen-bond donors (Lipinski definition) is 0. The predicted octanol–water partition coefficient (Wildman–Crippen LogP) is 4.40. The number of benzene rings is 2. The van der Waals surface area contributed by atoms with Gasteiger partial charge < -0.3 is 0 Å². The average molecular weight is 459 g/mol. The molecule has 10 heteroatoms. The number of sulfone groups is 1. The maximum atomic E-state index is 12.7. The third-order valence-corrected chi connectivity index (χ3v) is 6.72. The van der Waals surface area contributed by atoms with Crippen LogP contribution in [0.4, 0.5) is 13.2 Å². The molecule has 4 aromatic rings. The topological polar surface area (TPSA) is 81.4 Å². The Morgan fingerprint density at radius 3 is 2.19 bits per heavy atom. The van der Waals surface area contributed by atoms with Crippen molar-refractivity contribution in [2.45, 2.75) is 28.8 Å². The lowest BCUT2D eigenvalue weighted by Gasteiger charge is -2.09. The lowest BCUT2D eigenvalue weighted by Crippen LogP contribution is -2.07. The minimum absolute atomic E-state index is 0.0397. The van der Waals surface area contributed by atoms with Crippen molar-refractivity contribution in [3.63, 3.8) is 0 Å². The second-order valence-corrected chi connectivity index (χ2v) is 9.02. The van der Waals surface area contributed by atoms with Gasteiger partial charge in [0.05, 0.1) is 20.9 Å². The van der Waals surface area contributed by atoms with Crippen LogP contribution in [0.15, 0.2) is 83.1 Å². The molecular weight excluding hydrogens is 443 g/mol. The van der Waals surface area contributed by atoms with Crippen LogP contribution in [-0.2, 0) is 22.4 Å². The number of carbonyl (C=O) groups is 1. The number of ketones is 1. The predicted molar refractivity (Wildman–Crippen MR) is 109 cm³/mol. The highest BCUT2D eigenvalue weighted by Gasteiger charge is 2.30. The van der Waals surface area contributed by atoms with E-state index < -0.39 is 21.6 Å². The highest BCUT2D eigenvalue weighted by molar-refractivity contribution is 7.91. The first-order valence-electron chi connectivity index (χ1n) is 9.48. The maximum absolute atomic E-state index is 12.7. The Morgan fingerprint density at radius 2 is 1.56 bits per heavy atom. The van der Waals surface area contributed by atoms with Crippen LogP contribution in [0.2, 0.25) is 0 Å². The van der Waals surface area contributed by atoms with Crippen LogP contribution >= 0.6 is 0 Å². The number of rotatable bonds is 6. The van der Waals surface area contributed by atoms with Crippen molar-refractivity contribution in [1.82, 2.24) is 14.4 Å². The zero-order chi connectivity index (χ0) is 22.9. The van der Waals surface area contributed by atoms with Crippen LogP contribution in [0.3, 0.4) is 0 Å². The van der Waals surface area contributed by atoms with E-state index in [9.17, 15) is 26.4 Å². The van der Waals surface area contributed by atoms with Crippen LogP contribution in [-0.4, -0.2) is 28.6 Å². The number of aryl methyl sites for hydroxylation is 1. The van der Waals surface area contributed by atoms with Gasteiger partial charge in [0.2, 0.25) is 15.6 Å². The maximum Gasteiger partial charge on any atom is 0.416 e. The molecule has 0 saturated heterocycles. The highest BCUT2D eigenvalue weighted by Crippen LogP contribution is 2.31. The van der Waals surface area contributed by atoms with Crippen molar-refractivity contribution >= 4 is 21.4 Å². The number of aromatic nitrogens is 3. The number of alkyl halides is 3. The molecule has 0 aliphatic rings. The van der Waals surface area contributed by atoms with E-state index in [2.05, 4.69) is 9.97 Å². The van der Waals surface area contributed by atoms with Gasteiger partial charge in [0.25, 0.3) is 0 Å². The van der Waals surface area contributed by atoms with Gasteiger partial charge in [-0.05, 0) is 48.4 Å². The molecule has 0 radical (unpaired) electrons. The van der Waals surface area contributed by atoms with Crippen LogP contribution < -0.4 is 0 Å². The highest BCUT2D eigenvalue weighted by atomic mass is 32.2. The minimum Gasteiger partial charge on any atom is -0.294 e. The number of nitrogens with zero attached hydrogens (tertiary/aromatic N) is 3. The lowest BCUT2D eigenvalue weighted by molar-refractivity contribution is -0.137. The van der Waals surface area contributed by atoms with Gasteiger partial charge in [0.15, 0.2) is 5.78 Å². The number of fused-ring (bicyclic) bond motifs is 1. The molecule has 0 aliphatic carbocycles. The largest absolute Gasteiger partial charge is 0.416 e. The van der Waals surface area contributed by atoms with Crippen molar-refractivity contribution < 1.29 is 26.4 Å². The van der Waals surface area contributed by atoms with E-state index in [0.29, 0.717) is 17.8 Å². The zero-order valence-electron chi connectivity index (χ0n) is 16.5. The Hall–Kier alpha value is -3.53. The molecule has 0 bridgehead atoms. The van der Waals surface area contributed by atoms with Gasteiger partial charge in [-0.15, -0.1) is 0 Å². The molecule has 0 saturated carbocycles. The van der Waals surface area contributed by atoms with Gasteiger partial charge in [-0.3, -0.25) is 9.20 Å². The van der Waals surface area contributed by atoms with Crippen molar-refractivity contribution in [2.75, 3.05) is 0 Å². The number of carbonyl (C=O) groups excluding carboxylic acids is 1. The van der Waals surface area contributed by atoms with E-state index in [-0.39, 0.29) is 22.0 Å². The molecule has 6 nitrogen and oxygen atoms in total. The van der Waals surface area contributed by atoms with E-state index in [1.54, 1.807) is 35.1 Å². The lowest BCUT2D eigenvalue weighted by atomic mass is 10.0. The second kappa shape index (κ2) is 8.19. The molecule has 2 heterocycles. The van der Waals surface area contributed by atoms with Gasteiger partial charge in [0.1, 0.15) is 0 Å². The number of halogens is 3. The molecule has 0 N–H and O–H groups in total. The van der Waals surface area contributed by atoms with Crippen molar-refractivity contribution in [3.05, 3.63) is 90.0 Å². The molecule has 2 aromatic heterocycles. The number of Topliss-reactive ketones (excluding diaryl/α,β-unsaturated/α-hetero) is 1. The first-order chi connectivity index (χ1) is 15.1. The van der Waals surface area contributed by atoms with Crippen LogP contribution in [0, 0.1) is 0 Å². The van der Waals surface area contributed by atoms with Gasteiger partial charge in [-0.2, -0.15) is 13.2 Å². The first kappa shape index (κ1) is 21.7. The first-order valence-corrected chi connectivity index (χ1v) is 11.0. The van der Waals surface area contributed by atoms with Crippen LogP contribution in [0.1, 0.15) is 27.9 Å². The summed E-state index contributed by atoms with van der Waals surface area (Å²) in [7, 11) is -3.96. The standard InChI is InChI=1S/C22H16F3N3O3S/c23-22(24,25)17-4-8-19(9-5-17)32(30,31)18-6-1-15(2-7-18)3-10-20(29)16-13-27-21-26-11-12-28(21)14-16/h1-2,4-9,11-14H,3,10H2. The Morgan fingerprint density at radius 1 is 0.938 bits per heavy atom.